The maximum atomic E-state index is 12.1. The summed E-state index contributed by atoms with van der Waals surface area (Å²) in [5.41, 5.74) is 2.98. The number of anilines is 2. The number of halogens is 1. The molecular formula is C17H18ClN3O2S. The van der Waals surface area contributed by atoms with Gasteiger partial charge in [0.25, 0.3) is 0 Å². The molecule has 0 saturated heterocycles. The molecule has 0 amide bonds. The third kappa shape index (κ3) is 3.49. The summed E-state index contributed by atoms with van der Waals surface area (Å²) in [6.07, 6.45) is 1.50. The SMILES string of the molecule is CCOC(=O)c1sc2ncnc(Nc3ccc(C)cc3)c2c1C.Cl. The van der Waals surface area contributed by atoms with Crippen LogP contribution in [-0.2, 0) is 4.74 Å². The first kappa shape index (κ1) is 18.2. The van der Waals surface area contributed by atoms with Crippen molar-refractivity contribution in [2.75, 3.05) is 11.9 Å². The average molecular weight is 364 g/mol. The first-order valence-corrected chi connectivity index (χ1v) is 8.16. The molecule has 5 nitrogen and oxygen atoms in total. The number of carbonyl (C=O) groups is 1. The Hall–Kier alpha value is -2.18. The van der Waals surface area contributed by atoms with E-state index in [4.69, 9.17) is 4.74 Å². The Labute approximate surface area is 150 Å². The first-order valence-electron chi connectivity index (χ1n) is 7.35. The Morgan fingerprint density at radius 1 is 1.21 bits per heavy atom. The van der Waals surface area contributed by atoms with Crippen LogP contribution in [0.4, 0.5) is 11.5 Å². The van der Waals surface area contributed by atoms with Crippen LogP contribution in [0.15, 0.2) is 30.6 Å². The molecule has 24 heavy (non-hydrogen) atoms. The fraction of sp³-hybridized carbons (Fsp3) is 0.235. The van der Waals surface area contributed by atoms with Crippen LogP contribution in [-0.4, -0.2) is 22.5 Å². The van der Waals surface area contributed by atoms with Gasteiger partial charge in [0, 0.05) is 5.69 Å². The number of fused-ring (bicyclic) bond motifs is 1. The lowest BCUT2D eigenvalue weighted by Gasteiger charge is -2.07. The molecule has 0 saturated carbocycles. The molecule has 1 N–H and O–H groups in total. The Kier molecular flexibility index (Phi) is 5.75. The van der Waals surface area contributed by atoms with Crippen molar-refractivity contribution < 1.29 is 9.53 Å². The van der Waals surface area contributed by atoms with Crippen LogP contribution < -0.4 is 5.32 Å². The van der Waals surface area contributed by atoms with Gasteiger partial charge in [-0.2, -0.15) is 0 Å². The van der Waals surface area contributed by atoms with Gasteiger partial charge in [-0.3, -0.25) is 0 Å². The number of nitrogens with one attached hydrogen (secondary N) is 1. The maximum Gasteiger partial charge on any atom is 0.348 e. The zero-order valence-electron chi connectivity index (χ0n) is 13.6. The highest BCUT2D eigenvalue weighted by atomic mass is 35.5. The number of esters is 1. The van der Waals surface area contributed by atoms with Crippen molar-refractivity contribution >= 4 is 51.4 Å². The third-order valence-corrected chi connectivity index (χ3v) is 4.68. The van der Waals surface area contributed by atoms with Crippen LogP contribution in [0.2, 0.25) is 0 Å². The second kappa shape index (κ2) is 7.59. The molecule has 0 spiro atoms. The maximum absolute atomic E-state index is 12.1. The van der Waals surface area contributed by atoms with Crippen LogP contribution in [0.5, 0.6) is 0 Å². The highest BCUT2D eigenvalue weighted by Gasteiger charge is 2.20. The molecule has 0 atom stereocenters. The number of carbonyl (C=O) groups excluding carboxylic acids is 1. The van der Waals surface area contributed by atoms with Crippen LogP contribution in [0.3, 0.4) is 0 Å². The largest absolute Gasteiger partial charge is 0.462 e. The lowest BCUT2D eigenvalue weighted by molar-refractivity contribution is 0.0531. The van der Waals surface area contributed by atoms with Gasteiger partial charge in [0.05, 0.1) is 12.0 Å². The van der Waals surface area contributed by atoms with Crippen molar-refractivity contribution in [1.82, 2.24) is 9.97 Å². The minimum Gasteiger partial charge on any atom is -0.462 e. The fourth-order valence-corrected chi connectivity index (χ4v) is 3.37. The zero-order chi connectivity index (χ0) is 16.4. The molecule has 0 aliphatic rings. The summed E-state index contributed by atoms with van der Waals surface area (Å²) in [6.45, 7) is 6.09. The third-order valence-electron chi connectivity index (χ3n) is 3.50. The summed E-state index contributed by atoms with van der Waals surface area (Å²) >= 11 is 1.33. The summed E-state index contributed by atoms with van der Waals surface area (Å²) < 4.78 is 5.11. The highest BCUT2D eigenvalue weighted by Crippen LogP contribution is 2.34. The quantitative estimate of drug-likeness (QED) is 0.683. The van der Waals surface area contributed by atoms with Gasteiger partial charge in [0.15, 0.2) is 0 Å². The first-order chi connectivity index (χ1) is 11.1. The van der Waals surface area contributed by atoms with E-state index < -0.39 is 0 Å². The van der Waals surface area contributed by atoms with Gasteiger partial charge in [-0.25, -0.2) is 14.8 Å². The van der Waals surface area contributed by atoms with E-state index in [1.807, 2.05) is 38.1 Å². The number of hydrogen-bond donors (Lipinski definition) is 1. The Morgan fingerprint density at radius 2 is 1.92 bits per heavy atom. The van der Waals surface area contributed by atoms with Crippen molar-refractivity contribution in [1.29, 1.82) is 0 Å². The lowest BCUT2D eigenvalue weighted by Crippen LogP contribution is -2.03. The summed E-state index contributed by atoms with van der Waals surface area (Å²) in [4.78, 5) is 22.0. The van der Waals surface area contributed by atoms with Crippen molar-refractivity contribution in [3.63, 3.8) is 0 Å². The molecule has 0 fully saturated rings. The number of aromatic nitrogens is 2. The molecule has 0 radical (unpaired) electrons. The number of nitrogens with zero attached hydrogens (tertiary/aromatic N) is 2. The van der Waals surface area contributed by atoms with E-state index in [1.165, 1.54) is 23.2 Å². The predicted octanol–water partition coefficient (Wildman–Crippen LogP) is 4.65. The normalized spacial score (nSPS) is 10.3. The number of thiophene rings is 1. The molecule has 2 heterocycles. The molecule has 0 aliphatic carbocycles. The number of aryl methyl sites for hydroxylation is 2. The molecule has 0 aliphatic heterocycles. The summed E-state index contributed by atoms with van der Waals surface area (Å²) in [5.74, 6) is 0.387. The van der Waals surface area contributed by atoms with Crippen molar-refractivity contribution in [2.45, 2.75) is 20.8 Å². The molecular weight excluding hydrogens is 346 g/mol. The molecule has 1 aromatic carbocycles. The van der Waals surface area contributed by atoms with Crippen LogP contribution >= 0.6 is 23.7 Å². The van der Waals surface area contributed by atoms with Crippen LogP contribution in [0, 0.1) is 13.8 Å². The van der Waals surface area contributed by atoms with Gasteiger partial charge in [-0.1, -0.05) is 17.7 Å². The minimum absolute atomic E-state index is 0. The molecule has 3 aromatic rings. The Bertz CT molecular complexity index is 862. The topological polar surface area (TPSA) is 64.1 Å². The molecule has 126 valence electrons. The van der Waals surface area contributed by atoms with Gasteiger partial charge >= 0.3 is 5.97 Å². The predicted molar refractivity (Wildman–Crippen MR) is 99.8 cm³/mol. The minimum atomic E-state index is -0.311. The lowest BCUT2D eigenvalue weighted by atomic mass is 10.2. The molecule has 3 rings (SSSR count). The summed E-state index contributed by atoms with van der Waals surface area (Å²) in [6, 6.07) is 8.06. The van der Waals surface area contributed by atoms with E-state index in [2.05, 4.69) is 15.3 Å². The van der Waals surface area contributed by atoms with E-state index in [1.54, 1.807) is 6.92 Å². The van der Waals surface area contributed by atoms with Gasteiger partial charge in [-0.15, -0.1) is 23.7 Å². The van der Waals surface area contributed by atoms with Gasteiger partial charge in [0.1, 0.15) is 21.9 Å². The molecule has 2 aromatic heterocycles. The van der Waals surface area contributed by atoms with E-state index in [9.17, 15) is 4.79 Å². The summed E-state index contributed by atoms with van der Waals surface area (Å²) in [7, 11) is 0. The average Bonchev–Trinajstić information content (AvgIpc) is 2.88. The number of benzene rings is 1. The van der Waals surface area contributed by atoms with E-state index in [0.29, 0.717) is 17.3 Å². The van der Waals surface area contributed by atoms with Crippen LogP contribution in [0.1, 0.15) is 27.7 Å². The van der Waals surface area contributed by atoms with E-state index in [-0.39, 0.29) is 18.4 Å². The monoisotopic (exact) mass is 363 g/mol. The highest BCUT2D eigenvalue weighted by molar-refractivity contribution is 7.20. The van der Waals surface area contributed by atoms with Gasteiger partial charge in [0.2, 0.25) is 0 Å². The molecule has 7 heteroatoms. The fourth-order valence-electron chi connectivity index (χ4n) is 2.33. The van der Waals surface area contributed by atoms with Crippen molar-refractivity contribution in [3.05, 3.63) is 46.6 Å². The van der Waals surface area contributed by atoms with E-state index >= 15 is 0 Å². The van der Waals surface area contributed by atoms with Crippen LogP contribution in [0.25, 0.3) is 10.2 Å². The molecule has 0 bridgehead atoms. The second-order valence-corrected chi connectivity index (χ2v) is 6.17. The smallest absolute Gasteiger partial charge is 0.348 e. The Balaban J connectivity index is 0.00000208. The zero-order valence-corrected chi connectivity index (χ0v) is 15.3. The van der Waals surface area contributed by atoms with Crippen molar-refractivity contribution in [2.24, 2.45) is 0 Å². The Morgan fingerprint density at radius 3 is 2.58 bits per heavy atom. The number of ether oxygens (including phenoxy) is 1. The van der Waals surface area contributed by atoms with Crippen molar-refractivity contribution in [3.8, 4) is 0 Å². The second-order valence-electron chi connectivity index (χ2n) is 5.17. The van der Waals surface area contributed by atoms with Gasteiger partial charge in [-0.05, 0) is 38.5 Å². The van der Waals surface area contributed by atoms with E-state index in [0.717, 1.165) is 21.5 Å². The number of hydrogen-bond acceptors (Lipinski definition) is 6. The number of rotatable bonds is 4. The molecule has 0 unspecified atom stereocenters. The standard InChI is InChI=1S/C17H17N3O2S.ClH/c1-4-22-17(21)14-11(3)13-15(18-9-19-16(13)23-14)20-12-7-5-10(2)6-8-12;/h5-9H,4H2,1-3H3,(H,18,19,20);1H. The summed E-state index contributed by atoms with van der Waals surface area (Å²) in [5, 5.41) is 4.16. The van der Waals surface area contributed by atoms with Gasteiger partial charge < -0.3 is 10.1 Å².